The molecule has 11 heteroatoms. The van der Waals surface area contributed by atoms with Crippen LogP contribution in [0.2, 0.25) is 0 Å². The molecular weight excluding hydrogens is 436 g/mol. The van der Waals surface area contributed by atoms with Crippen molar-refractivity contribution in [2.24, 2.45) is 0 Å². The van der Waals surface area contributed by atoms with E-state index in [9.17, 15) is 18.0 Å². The van der Waals surface area contributed by atoms with Crippen LogP contribution in [-0.4, -0.2) is 45.8 Å². The van der Waals surface area contributed by atoms with E-state index in [1.54, 1.807) is 18.2 Å². The molecule has 0 amide bonds. The zero-order valence-corrected chi connectivity index (χ0v) is 18.0. The summed E-state index contributed by atoms with van der Waals surface area (Å²) in [5.41, 5.74) is 0.845. The van der Waals surface area contributed by atoms with Crippen molar-refractivity contribution in [3.63, 3.8) is 0 Å². The van der Waals surface area contributed by atoms with Gasteiger partial charge in [0.1, 0.15) is 4.90 Å². The quantitative estimate of drug-likeness (QED) is 0.447. The molecule has 0 saturated carbocycles. The van der Waals surface area contributed by atoms with Gasteiger partial charge < -0.3 is 9.47 Å². The summed E-state index contributed by atoms with van der Waals surface area (Å²) in [4.78, 5) is 27.9. The van der Waals surface area contributed by atoms with Crippen LogP contribution in [0.5, 0.6) is 0 Å². The fourth-order valence-electron chi connectivity index (χ4n) is 2.53. The Morgan fingerprint density at radius 1 is 1.07 bits per heavy atom. The predicted molar refractivity (Wildman–Crippen MR) is 111 cm³/mol. The standard InChI is InChI=1S/C18H16N2O6S3/c1-25-16(21)10-4-6-12(17(22)26-2)15(8-10)29(23,24)20-11-5-7-13-14(9-11)28-18(19-13)27-3/h4-9,20H,1-3H3. The third-order valence-electron chi connectivity index (χ3n) is 3.89. The summed E-state index contributed by atoms with van der Waals surface area (Å²) >= 11 is 2.93. The van der Waals surface area contributed by atoms with Gasteiger partial charge in [0.2, 0.25) is 0 Å². The van der Waals surface area contributed by atoms with Crippen LogP contribution < -0.4 is 4.72 Å². The minimum Gasteiger partial charge on any atom is -0.465 e. The highest BCUT2D eigenvalue weighted by Crippen LogP contribution is 2.31. The number of hydrogen-bond acceptors (Lipinski definition) is 9. The van der Waals surface area contributed by atoms with Gasteiger partial charge in [-0.3, -0.25) is 4.72 Å². The fraction of sp³-hybridized carbons (Fsp3) is 0.167. The molecule has 0 unspecified atom stereocenters. The second-order valence-corrected chi connectivity index (χ2v) is 9.40. The molecule has 2 aromatic carbocycles. The summed E-state index contributed by atoms with van der Waals surface area (Å²) < 4.78 is 39.4. The van der Waals surface area contributed by atoms with Crippen molar-refractivity contribution in [3.05, 3.63) is 47.5 Å². The second-order valence-electron chi connectivity index (χ2n) is 5.67. The van der Waals surface area contributed by atoms with Gasteiger partial charge in [0.05, 0.1) is 41.3 Å². The largest absolute Gasteiger partial charge is 0.465 e. The van der Waals surface area contributed by atoms with Gasteiger partial charge in [0.25, 0.3) is 10.0 Å². The number of nitrogens with zero attached hydrogens (tertiary/aromatic N) is 1. The summed E-state index contributed by atoms with van der Waals surface area (Å²) in [6.45, 7) is 0. The third-order valence-corrected chi connectivity index (χ3v) is 7.32. The number of carbonyl (C=O) groups is 2. The maximum Gasteiger partial charge on any atom is 0.339 e. The van der Waals surface area contributed by atoms with Crippen molar-refractivity contribution < 1.29 is 27.5 Å². The molecule has 3 aromatic rings. The normalized spacial score (nSPS) is 11.3. The number of aromatic nitrogens is 1. The van der Waals surface area contributed by atoms with Crippen LogP contribution in [0.3, 0.4) is 0 Å². The summed E-state index contributed by atoms with van der Waals surface area (Å²) in [6.07, 6.45) is 1.91. The fourth-order valence-corrected chi connectivity index (χ4v) is 5.33. The van der Waals surface area contributed by atoms with Gasteiger partial charge in [0.15, 0.2) is 4.34 Å². The molecule has 1 aromatic heterocycles. The van der Waals surface area contributed by atoms with Crippen molar-refractivity contribution in [2.75, 3.05) is 25.2 Å². The number of ether oxygens (including phenoxy) is 2. The Morgan fingerprint density at radius 2 is 1.79 bits per heavy atom. The van der Waals surface area contributed by atoms with Crippen molar-refractivity contribution >= 4 is 61.0 Å². The molecule has 1 heterocycles. The van der Waals surface area contributed by atoms with E-state index in [-0.39, 0.29) is 16.0 Å². The van der Waals surface area contributed by atoms with Gasteiger partial charge in [-0.25, -0.2) is 23.0 Å². The summed E-state index contributed by atoms with van der Waals surface area (Å²) in [5.74, 6) is -1.57. The lowest BCUT2D eigenvalue weighted by Gasteiger charge is -2.12. The van der Waals surface area contributed by atoms with Gasteiger partial charge in [-0.2, -0.15) is 0 Å². The molecule has 0 spiro atoms. The Hall–Kier alpha value is -2.63. The highest BCUT2D eigenvalue weighted by molar-refractivity contribution is 8.00. The molecule has 3 rings (SSSR count). The number of thiazole rings is 1. The van der Waals surface area contributed by atoms with Crippen LogP contribution in [0.4, 0.5) is 5.69 Å². The van der Waals surface area contributed by atoms with Gasteiger partial charge in [0, 0.05) is 0 Å². The van der Waals surface area contributed by atoms with E-state index in [4.69, 9.17) is 0 Å². The number of thioether (sulfide) groups is 1. The number of hydrogen-bond donors (Lipinski definition) is 1. The highest BCUT2D eigenvalue weighted by Gasteiger charge is 2.25. The van der Waals surface area contributed by atoms with Crippen LogP contribution in [-0.2, 0) is 19.5 Å². The van der Waals surface area contributed by atoms with E-state index in [0.717, 1.165) is 27.7 Å². The Bertz CT molecular complexity index is 1200. The second kappa shape index (κ2) is 8.39. The average molecular weight is 453 g/mol. The van der Waals surface area contributed by atoms with E-state index >= 15 is 0 Å². The van der Waals surface area contributed by atoms with E-state index in [1.807, 2.05) is 6.26 Å². The Labute approximate surface area is 175 Å². The average Bonchev–Trinajstić information content (AvgIpc) is 3.14. The number of sulfonamides is 1. The molecular formula is C18H16N2O6S3. The number of rotatable bonds is 6. The maximum absolute atomic E-state index is 13.0. The molecule has 0 atom stereocenters. The minimum atomic E-state index is -4.21. The molecule has 0 bridgehead atoms. The molecule has 0 fully saturated rings. The number of nitrogens with one attached hydrogen (secondary N) is 1. The van der Waals surface area contributed by atoms with Gasteiger partial charge in [-0.15, -0.1) is 11.3 Å². The molecule has 152 valence electrons. The highest BCUT2D eigenvalue weighted by atomic mass is 32.2. The lowest BCUT2D eigenvalue weighted by Crippen LogP contribution is -2.18. The molecule has 0 aliphatic carbocycles. The molecule has 0 aliphatic heterocycles. The minimum absolute atomic E-state index is 0.0111. The number of benzene rings is 2. The smallest absolute Gasteiger partial charge is 0.339 e. The van der Waals surface area contributed by atoms with E-state index in [1.165, 1.54) is 42.3 Å². The summed E-state index contributed by atoms with van der Waals surface area (Å²) in [7, 11) is -1.89. The number of fused-ring (bicyclic) bond motifs is 1. The molecule has 0 saturated heterocycles. The number of carbonyl (C=O) groups excluding carboxylic acids is 2. The van der Waals surface area contributed by atoms with Crippen LogP contribution in [0.25, 0.3) is 10.2 Å². The van der Waals surface area contributed by atoms with E-state index in [0.29, 0.717) is 5.69 Å². The van der Waals surface area contributed by atoms with Crippen LogP contribution >= 0.6 is 23.1 Å². The monoisotopic (exact) mass is 452 g/mol. The SMILES string of the molecule is COC(=O)c1ccc(C(=O)OC)c(S(=O)(=O)Nc2ccc3nc(SC)sc3c2)c1. The third kappa shape index (κ3) is 4.36. The zero-order valence-electron chi connectivity index (χ0n) is 15.6. The van der Waals surface area contributed by atoms with Crippen LogP contribution in [0.15, 0.2) is 45.6 Å². The Balaban J connectivity index is 2.05. The molecule has 29 heavy (non-hydrogen) atoms. The van der Waals surface area contributed by atoms with Gasteiger partial charge in [-0.05, 0) is 42.7 Å². The van der Waals surface area contributed by atoms with Gasteiger partial charge in [-0.1, -0.05) is 11.8 Å². The molecule has 8 nitrogen and oxygen atoms in total. The molecule has 0 radical (unpaired) electrons. The van der Waals surface area contributed by atoms with Crippen LogP contribution in [0.1, 0.15) is 20.7 Å². The summed E-state index contributed by atoms with van der Waals surface area (Å²) in [6, 6.07) is 8.53. The first-order chi connectivity index (χ1) is 13.8. The van der Waals surface area contributed by atoms with Crippen molar-refractivity contribution in [2.45, 2.75) is 9.24 Å². The predicted octanol–water partition coefficient (Wildman–Crippen LogP) is 3.39. The summed E-state index contributed by atoms with van der Waals surface area (Å²) in [5, 5.41) is 0. The van der Waals surface area contributed by atoms with E-state index < -0.39 is 22.0 Å². The van der Waals surface area contributed by atoms with Gasteiger partial charge >= 0.3 is 11.9 Å². The van der Waals surface area contributed by atoms with Crippen molar-refractivity contribution in [3.8, 4) is 0 Å². The maximum atomic E-state index is 13.0. The zero-order chi connectivity index (χ0) is 21.2. The first-order valence-electron chi connectivity index (χ1n) is 8.07. The number of methoxy groups -OCH3 is 2. The lowest BCUT2D eigenvalue weighted by molar-refractivity contribution is 0.0583. The first-order valence-corrected chi connectivity index (χ1v) is 11.6. The Morgan fingerprint density at radius 3 is 2.45 bits per heavy atom. The molecule has 0 aliphatic rings. The number of anilines is 1. The first kappa shape index (κ1) is 21.1. The molecule has 1 N–H and O–H groups in total. The topological polar surface area (TPSA) is 112 Å². The van der Waals surface area contributed by atoms with E-state index in [2.05, 4.69) is 19.2 Å². The lowest BCUT2D eigenvalue weighted by atomic mass is 10.1. The van der Waals surface area contributed by atoms with Crippen molar-refractivity contribution in [1.82, 2.24) is 4.98 Å². The number of esters is 2. The van der Waals surface area contributed by atoms with Crippen molar-refractivity contribution in [1.29, 1.82) is 0 Å². The van der Waals surface area contributed by atoms with Crippen LogP contribution in [0, 0.1) is 0 Å². The Kier molecular flexibility index (Phi) is 6.10.